The van der Waals surface area contributed by atoms with Gasteiger partial charge in [0.15, 0.2) is 0 Å². The number of benzene rings is 2. The summed E-state index contributed by atoms with van der Waals surface area (Å²) in [5.74, 6) is -0.163. The number of hydrogen-bond acceptors (Lipinski definition) is 4. The predicted octanol–water partition coefficient (Wildman–Crippen LogP) is 3.97. The first kappa shape index (κ1) is 17.5. The number of rotatable bonds is 4. The summed E-state index contributed by atoms with van der Waals surface area (Å²) >= 11 is 0. The van der Waals surface area contributed by atoms with Crippen LogP contribution in [0.1, 0.15) is 30.4 Å². The van der Waals surface area contributed by atoms with Crippen LogP contribution in [0.3, 0.4) is 0 Å². The van der Waals surface area contributed by atoms with Crippen LogP contribution in [-0.2, 0) is 6.54 Å². The van der Waals surface area contributed by atoms with Crippen LogP contribution < -0.4 is 5.56 Å². The highest BCUT2D eigenvalue weighted by Crippen LogP contribution is 2.22. The lowest BCUT2D eigenvalue weighted by molar-refractivity contribution is 0.221. The second-order valence-corrected chi connectivity index (χ2v) is 7.02. The van der Waals surface area contributed by atoms with Crippen molar-refractivity contribution in [2.75, 3.05) is 13.1 Å². The molecule has 1 saturated heterocycles. The van der Waals surface area contributed by atoms with Gasteiger partial charge in [0.05, 0.1) is 11.3 Å². The number of aromatic nitrogens is 1. The third kappa shape index (κ3) is 3.93. The van der Waals surface area contributed by atoms with Crippen LogP contribution in [0.4, 0.5) is 5.69 Å². The highest BCUT2D eigenvalue weighted by molar-refractivity contribution is 6.01. The quantitative estimate of drug-likeness (QED) is 0.691. The number of aromatic amines is 1. The fourth-order valence-corrected chi connectivity index (χ4v) is 3.62. The largest absolute Gasteiger partial charge is 0.494 e. The molecule has 2 heterocycles. The van der Waals surface area contributed by atoms with Gasteiger partial charge in [0, 0.05) is 23.5 Å². The fourth-order valence-electron chi connectivity index (χ4n) is 3.62. The van der Waals surface area contributed by atoms with Gasteiger partial charge in [-0.25, -0.2) is 0 Å². The number of aliphatic imine (C=N–C) groups is 1. The van der Waals surface area contributed by atoms with Crippen molar-refractivity contribution >= 4 is 22.7 Å². The zero-order valence-electron chi connectivity index (χ0n) is 15.2. The molecule has 1 aliphatic heterocycles. The molecule has 138 valence electrons. The zero-order valence-corrected chi connectivity index (χ0v) is 15.2. The topological polar surface area (TPSA) is 68.7 Å². The molecule has 0 spiro atoms. The number of aromatic hydroxyl groups is 1. The number of nitrogens with one attached hydrogen (secondary N) is 1. The van der Waals surface area contributed by atoms with Gasteiger partial charge in [0.25, 0.3) is 5.56 Å². The zero-order chi connectivity index (χ0) is 18.6. The minimum Gasteiger partial charge on any atom is -0.494 e. The van der Waals surface area contributed by atoms with E-state index in [9.17, 15) is 9.90 Å². The maximum Gasteiger partial charge on any atom is 0.258 e. The summed E-state index contributed by atoms with van der Waals surface area (Å²) < 4.78 is 0. The van der Waals surface area contributed by atoms with Crippen LogP contribution >= 0.6 is 0 Å². The Morgan fingerprint density at radius 3 is 2.44 bits per heavy atom. The molecule has 5 heteroatoms. The molecule has 1 fully saturated rings. The maximum absolute atomic E-state index is 12.0. The lowest BCUT2D eigenvalue weighted by Gasteiger charge is -2.26. The van der Waals surface area contributed by atoms with Crippen LogP contribution in [0, 0.1) is 0 Å². The molecule has 5 nitrogen and oxygen atoms in total. The monoisotopic (exact) mass is 361 g/mol. The minimum absolute atomic E-state index is 0.163. The molecule has 3 aromatic rings. The minimum atomic E-state index is -0.303. The highest BCUT2D eigenvalue weighted by atomic mass is 16.3. The van der Waals surface area contributed by atoms with E-state index in [0.717, 1.165) is 12.2 Å². The number of H-pyrrole nitrogens is 1. The molecule has 0 atom stereocenters. The molecule has 0 amide bonds. The van der Waals surface area contributed by atoms with E-state index < -0.39 is 0 Å². The Hall–Kier alpha value is -2.92. The van der Waals surface area contributed by atoms with Crippen LogP contribution in [0.2, 0.25) is 0 Å². The molecule has 0 unspecified atom stereocenters. The Labute approximate surface area is 158 Å². The SMILES string of the molecule is O=c1[nH]c(O)c(C=Nc2ccc(CN3CCCCC3)cc2)c2ccccc12. The second-order valence-electron chi connectivity index (χ2n) is 7.02. The summed E-state index contributed by atoms with van der Waals surface area (Å²) in [6.45, 7) is 3.34. The average Bonchev–Trinajstić information content (AvgIpc) is 2.70. The molecular weight excluding hydrogens is 338 g/mol. The maximum atomic E-state index is 12.0. The van der Waals surface area contributed by atoms with E-state index in [4.69, 9.17) is 0 Å². The summed E-state index contributed by atoms with van der Waals surface area (Å²) in [5.41, 5.74) is 2.31. The summed E-state index contributed by atoms with van der Waals surface area (Å²) in [4.78, 5) is 21.4. The van der Waals surface area contributed by atoms with Crippen molar-refractivity contribution in [2.45, 2.75) is 25.8 Å². The van der Waals surface area contributed by atoms with Gasteiger partial charge in [-0.05, 0) is 49.7 Å². The summed E-state index contributed by atoms with van der Waals surface area (Å²) in [7, 11) is 0. The predicted molar refractivity (Wildman–Crippen MR) is 109 cm³/mol. The van der Waals surface area contributed by atoms with E-state index >= 15 is 0 Å². The van der Waals surface area contributed by atoms with Crippen LogP contribution in [0.15, 0.2) is 58.3 Å². The van der Waals surface area contributed by atoms with Gasteiger partial charge in [-0.1, -0.05) is 36.8 Å². The van der Waals surface area contributed by atoms with Gasteiger partial charge in [-0.2, -0.15) is 0 Å². The lowest BCUT2D eigenvalue weighted by atomic mass is 10.1. The molecule has 1 aliphatic rings. The van der Waals surface area contributed by atoms with Crippen LogP contribution in [-0.4, -0.2) is 34.3 Å². The molecular formula is C22H23N3O2. The molecule has 27 heavy (non-hydrogen) atoms. The van der Waals surface area contributed by atoms with Crippen molar-refractivity contribution in [3.63, 3.8) is 0 Å². The number of pyridine rings is 1. The Bertz CT molecular complexity index is 1020. The van der Waals surface area contributed by atoms with Gasteiger partial charge in [-0.3, -0.25) is 19.7 Å². The number of piperidine rings is 1. The summed E-state index contributed by atoms with van der Waals surface area (Å²) in [6.07, 6.45) is 5.53. The average molecular weight is 361 g/mol. The number of hydrogen-bond donors (Lipinski definition) is 2. The van der Waals surface area contributed by atoms with E-state index in [2.05, 4.69) is 27.0 Å². The van der Waals surface area contributed by atoms with Gasteiger partial charge >= 0.3 is 0 Å². The first-order valence-corrected chi connectivity index (χ1v) is 9.40. The molecule has 4 rings (SSSR count). The third-order valence-corrected chi connectivity index (χ3v) is 5.08. The summed E-state index contributed by atoms with van der Waals surface area (Å²) in [6, 6.07) is 15.4. The van der Waals surface area contributed by atoms with Crippen LogP contribution in [0.5, 0.6) is 5.88 Å². The second kappa shape index (κ2) is 7.76. The number of likely N-dealkylation sites (tertiary alicyclic amines) is 1. The molecule has 0 saturated carbocycles. The molecule has 1 aromatic heterocycles. The number of fused-ring (bicyclic) bond motifs is 1. The Balaban J connectivity index is 1.55. The van der Waals surface area contributed by atoms with E-state index in [1.54, 1.807) is 18.3 Å². The normalized spacial score (nSPS) is 15.6. The highest BCUT2D eigenvalue weighted by Gasteiger charge is 2.10. The van der Waals surface area contributed by atoms with Crippen molar-refractivity contribution < 1.29 is 5.11 Å². The first-order chi connectivity index (χ1) is 13.2. The molecule has 2 aromatic carbocycles. The van der Waals surface area contributed by atoms with E-state index in [-0.39, 0.29) is 11.4 Å². The van der Waals surface area contributed by atoms with Crippen molar-refractivity contribution in [1.29, 1.82) is 0 Å². The Morgan fingerprint density at radius 2 is 1.70 bits per heavy atom. The van der Waals surface area contributed by atoms with E-state index in [1.807, 2.05) is 24.3 Å². The van der Waals surface area contributed by atoms with Gasteiger partial charge in [0.2, 0.25) is 5.88 Å². The number of nitrogens with zero attached hydrogens (tertiary/aromatic N) is 2. The van der Waals surface area contributed by atoms with E-state index in [0.29, 0.717) is 16.3 Å². The van der Waals surface area contributed by atoms with Crippen molar-refractivity contribution in [3.05, 3.63) is 70.0 Å². The van der Waals surface area contributed by atoms with Crippen molar-refractivity contribution in [2.24, 2.45) is 4.99 Å². The van der Waals surface area contributed by atoms with Gasteiger partial charge < -0.3 is 5.11 Å². The van der Waals surface area contributed by atoms with Gasteiger partial charge in [0.1, 0.15) is 0 Å². The molecule has 2 N–H and O–H groups in total. The van der Waals surface area contributed by atoms with Crippen molar-refractivity contribution in [3.8, 4) is 5.88 Å². The van der Waals surface area contributed by atoms with Crippen LogP contribution in [0.25, 0.3) is 10.8 Å². The Kier molecular flexibility index (Phi) is 5.03. The van der Waals surface area contributed by atoms with Crippen molar-refractivity contribution in [1.82, 2.24) is 9.88 Å². The molecule has 0 aliphatic carbocycles. The first-order valence-electron chi connectivity index (χ1n) is 9.40. The smallest absolute Gasteiger partial charge is 0.258 e. The fraction of sp³-hybridized carbons (Fsp3) is 0.273. The third-order valence-electron chi connectivity index (χ3n) is 5.08. The summed E-state index contributed by atoms with van der Waals surface area (Å²) in [5, 5.41) is 11.4. The van der Waals surface area contributed by atoms with E-state index in [1.165, 1.54) is 37.9 Å². The molecule has 0 radical (unpaired) electrons. The lowest BCUT2D eigenvalue weighted by Crippen LogP contribution is -2.28. The molecule has 0 bridgehead atoms. The Morgan fingerprint density at radius 1 is 1.00 bits per heavy atom. The van der Waals surface area contributed by atoms with Gasteiger partial charge in [-0.15, -0.1) is 0 Å². The standard InChI is InChI=1S/C22H23N3O2/c26-21-19-7-3-2-6-18(19)20(22(27)24-21)14-23-17-10-8-16(9-11-17)15-25-12-4-1-5-13-25/h2-3,6-11,14H,1,4-5,12-13,15H2,(H2,24,26,27).